The topological polar surface area (TPSA) is 94.5 Å². The van der Waals surface area contributed by atoms with E-state index >= 15 is 0 Å². The quantitative estimate of drug-likeness (QED) is 0.359. The molecule has 0 amide bonds. The summed E-state index contributed by atoms with van der Waals surface area (Å²) < 4.78 is 7.27. The number of hydrogen-bond donors (Lipinski definition) is 1. The number of hydrogen-bond acceptors (Lipinski definition) is 7. The summed E-state index contributed by atoms with van der Waals surface area (Å²) in [4.78, 5) is 28.2. The van der Waals surface area contributed by atoms with Crippen LogP contribution in [0.5, 0.6) is 0 Å². The van der Waals surface area contributed by atoms with E-state index in [-0.39, 0.29) is 5.43 Å². The standard InChI is InChI=1S/C24H25N5O4/c1-31-33-16-17-6-8-18(9-7-17)29-15-21(26-27-29)19-4-2-5-20-22(30)14-23(25-24(19)20)28-10-3-12-32-13-11-28/h2,4-9,14-15H,3,10-13,16H2,1H3,(H,25,30). The molecular formula is C24H25N5O4. The van der Waals surface area contributed by atoms with Gasteiger partial charge in [0.15, 0.2) is 5.43 Å². The van der Waals surface area contributed by atoms with Crippen molar-refractivity contribution in [3.8, 4) is 16.9 Å². The van der Waals surface area contributed by atoms with Crippen molar-refractivity contribution in [3.63, 3.8) is 0 Å². The molecule has 0 aliphatic carbocycles. The molecule has 0 bridgehead atoms. The number of rotatable bonds is 6. The number of ether oxygens (including phenoxy) is 1. The minimum Gasteiger partial charge on any atom is -0.380 e. The van der Waals surface area contributed by atoms with Gasteiger partial charge in [-0.15, -0.1) is 5.10 Å². The van der Waals surface area contributed by atoms with Crippen LogP contribution in [0.3, 0.4) is 0 Å². The lowest BCUT2D eigenvalue weighted by Gasteiger charge is -2.22. The molecule has 2 aromatic carbocycles. The minimum atomic E-state index is -0.0213. The van der Waals surface area contributed by atoms with Gasteiger partial charge in [-0.25, -0.2) is 14.5 Å². The Morgan fingerprint density at radius 1 is 1.12 bits per heavy atom. The van der Waals surface area contributed by atoms with Gasteiger partial charge in [-0.2, -0.15) is 0 Å². The Morgan fingerprint density at radius 2 is 2.00 bits per heavy atom. The summed E-state index contributed by atoms with van der Waals surface area (Å²) in [5.74, 6) is 0.798. The monoisotopic (exact) mass is 447 g/mol. The number of H-pyrrole nitrogens is 1. The van der Waals surface area contributed by atoms with E-state index in [2.05, 4.69) is 25.1 Å². The van der Waals surface area contributed by atoms with Crippen molar-refractivity contribution in [2.24, 2.45) is 0 Å². The molecule has 1 fully saturated rings. The van der Waals surface area contributed by atoms with Gasteiger partial charge in [-0.05, 0) is 30.2 Å². The SMILES string of the molecule is COOCc1ccc(-n2cc(-c3cccc4c(=O)cc(N5CCCOCC5)[nH]c34)nn2)cc1. The summed E-state index contributed by atoms with van der Waals surface area (Å²) in [6, 6.07) is 15.1. The first kappa shape index (κ1) is 21.3. The first-order valence-electron chi connectivity index (χ1n) is 10.9. The Bertz CT molecular complexity index is 1290. The molecule has 1 N–H and O–H groups in total. The lowest BCUT2D eigenvalue weighted by atomic mass is 10.1. The number of aromatic nitrogens is 4. The Morgan fingerprint density at radius 3 is 2.85 bits per heavy atom. The van der Waals surface area contributed by atoms with Crippen molar-refractivity contribution in [3.05, 3.63) is 70.5 Å². The van der Waals surface area contributed by atoms with Crippen molar-refractivity contribution in [1.82, 2.24) is 20.0 Å². The van der Waals surface area contributed by atoms with Gasteiger partial charge in [-0.3, -0.25) is 4.79 Å². The molecule has 0 radical (unpaired) electrons. The van der Waals surface area contributed by atoms with Gasteiger partial charge >= 0.3 is 0 Å². The highest BCUT2D eigenvalue weighted by atomic mass is 17.2. The molecule has 1 saturated heterocycles. The minimum absolute atomic E-state index is 0.0213. The average molecular weight is 447 g/mol. The van der Waals surface area contributed by atoms with Crippen LogP contribution in [0.15, 0.2) is 59.5 Å². The zero-order valence-corrected chi connectivity index (χ0v) is 18.4. The number of benzene rings is 2. The predicted octanol–water partition coefficient (Wildman–Crippen LogP) is 3.08. The number of para-hydroxylation sites is 1. The third-order valence-corrected chi connectivity index (χ3v) is 5.73. The van der Waals surface area contributed by atoms with Gasteiger partial charge in [0.2, 0.25) is 0 Å². The van der Waals surface area contributed by atoms with E-state index in [1.165, 1.54) is 7.11 Å². The fraction of sp³-hybridized carbons (Fsp3) is 0.292. The maximum absolute atomic E-state index is 12.9. The molecular weight excluding hydrogens is 422 g/mol. The highest BCUT2D eigenvalue weighted by Crippen LogP contribution is 2.27. The second-order valence-electron chi connectivity index (χ2n) is 7.84. The second-order valence-corrected chi connectivity index (χ2v) is 7.84. The molecule has 0 spiro atoms. The summed E-state index contributed by atoms with van der Waals surface area (Å²) in [6.45, 7) is 3.33. The van der Waals surface area contributed by atoms with Crippen molar-refractivity contribution < 1.29 is 14.5 Å². The van der Waals surface area contributed by atoms with Crippen LogP contribution in [0.4, 0.5) is 5.82 Å². The highest BCUT2D eigenvalue weighted by Gasteiger charge is 2.16. The van der Waals surface area contributed by atoms with Crippen LogP contribution < -0.4 is 10.3 Å². The average Bonchev–Trinajstić information content (AvgIpc) is 3.17. The smallest absolute Gasteiger partial charge is 0.191 e. The van der Waals surface area contributed by atoms with E-state index in [4.69, 9.17) is 9.62 Å². The number of fused-ring (bicyclic) bond motifs is 1. The molecule has 2 aromatic heterocycles. The first-order chi connectivity index (χ1) is 16.2. The van der Waals surface area contributed by atoms with E-state index in [9.17, 15) is 4.79 Å². The van der Waals surface area contributed by atoms with E-state index in [1.807, 2.05) is 48.7 Å². The van der Waals surface area contributed by atoms with Crippen molar-refractivity contribution in [1.29, 1.82) is 0 Å². The maximum Gasteiger partial charge on any atom is 0.191 e. The number of nitrogens with zero attached hydrogens (tertiary/aromatic N) is 4. The number of nitrogens with one attached hydrogen (secondary N) is 1. The molecule has 1 aliphatic rings. The molecule has 0 saturated carbocycles. The largest absolute Gasteiger partial charge is 0.380 e. The molecule has 5 rings (SSSR count). The number of anilines is 1. The van der Waals surface area contributed by atoms with Gasteiger partial charge in [0.25, 0.3) is 0 Å². The molecule has 4 aromatic rings. The highest BCUT2D eigenvalue weighted by molar-refractivity contribution is 5.93. The fourth-order valence-electron chi connectivity index (χ4n) is 4.01. The van der Waals surface area contributed by atoms with Crippen LogP contribution in [-0.2, 0) is 21.1 Å². The molecule has 9 nitrogen and oxygen atoms in total. The normalized spacial score (nSPS) is 14.5. The second kappa shape index (κ2) is 9.53. The maximum atomic E-state index is 12.9. The first-order valence-corrected chi connectivity index (χ1v) is 10.9. The van der Waals surface area contributed by atoms with Crippen LogP contribution in [0.25, 0.3) is 27.8 Å². The fourth-order valence-corrected chi connectivity index (χ4v) is 4.01. The molecule has 0 unspecified atom stereocenters. The molecule has 33 heavy (non-hydrogen) atoms. The van der Waals surface area contributed by atoms with Crippen LogP contribution in [0.2, 0.25) is 0 Å². The summed E-state index contributed by atoms with van der Waals surface area (Å²) in [5, 5.41) is 9.31. The Hall–Kier alpha value is -3.53. The van der Waals surface area contributed by atoms with Crippen molar-refractivity contribution in [2.45, 2.75) is 13.0 Å². The Balaban J connectivity index is 1.50. The summed E-state index contributed by atoms with van der Waals surface area (Å²) in [7, 11) is 1.48. The van der Waals surface area contributed by atoms with Gasteiger partial charge in [-0.1, -0.05) is 29.5 Å². The van der Waals surface area contributed by atoms with Crippen molar-refractivity contribution >= 4 is 16.7 Å². The van der Waals surface area contributed by atoms with E-state index in [1.54, 1.807) is 10.7 Å². The van der Waals surface area contributed by atoms with Gasteiger partial charge in [0.05, 0.1) is 31.1 Å². The van der Waals surface area contributed by atoms with Crippen LogP contribution in [0.1, 0.15) is 12.0 Å². The summed E-state index contributed by atoms with van der Waals surface area (Å²) in [5.41, 5.74) is 4.09. The van der Waals surface area contributed by atoms with Crippen LogP contribution in [0, 0.1) is 0 Å². The molecule has 0 atom stereocenters. The van der Waals surface area contributed by atoms with Crippen molar-refractivity contribution in [2.75, 3.05) is 38.3 Å². The lowest BCUT2D eigenvalue weighted by Crippen LogP contribution is -2.28. The summed E-state index contributed by atoms with van der Waals surface area (Å²) in [6.07, 6.45) is 2.78. The third kappa shape index (κ3) is 4.51. The van der Waals surface area contributed by atoms with Gasteiger partial charge < -0.3 is 14.6 Å². The number of aromatic amines is 1. The van der Waals surface area contributed by atoms with E-state index < -0.39 is 0 Å². The predicted molar refractivity (Wildman–Crippen MR) is 124 cm³/mol. The molecule has 1 aliphatic heterocycles. The van der Waals surface area contributed by atoms with E-state index in [0.29, 0.717) is 24.3 Å². The molecule has 3 heterocycles. The zero-order chi connectivity index (χ0) is 22.6. The van der Waals surface area contributed by atoms with Crippen LogP contribution >= 0.6 is 0 Å². The van der Waals surface area contributed by atoms with E-state index in [0.717, 1.165) is 54.3 Å². The summed E-state index contributed by atoms with van der Waals surface area (Å²) >= 11 is 0. The van der Waals surface area contributed by atoms with Crippen LogP contribution in [-0.4, -0.2) is 53.4 Å². The Kier molecular flexibility index (Phi) is 6.16. The number of pyridine rings is 1. The van der Waals surface area contributed by atoms with Gasteiger partial charge in [0, 0.05) is 36.7 Å². The third-order valence-electron chi connectivity index (χ3n) is 5.73. The molecule has 170 valence electrons. The van der Waals surface area contributed by atoms with Gasteiger partial charge in [0.1, 0.15) is 18.1 Å². The lowest BCUT2D eigenvalue weighted by molar-refractivity contribution is -0.282. The zero-order valence-electron chi connectivity index (χ0n) is 18.4. The Labute approximate surface area is 190 Å². The molecule has 9 heteroatoms.